The van der Waals surface area contributed by atoms with Gasteiger partial charge in [-0.05, 0) is 30.7 Å². The quantitative estimate of drug-likeness (QED) is 0.924. The molecule has 0 aliphatic carbocycles. The summed E-state index contributed by atoms with van der Waals surface area (Å²) in [7, 11) is -3.67. The van der Waals surface area contributed by atoms with Gasteiger partial charge >= 0.3 is 5.97 Å². The van der Waals surface area contributed by atoms with Crippen LogP contribution in [0.2, 0.25) is 5.02 Å². The molecular formula is C11H12ClNO4S2. The molecule has 0 radical (unpaired) electrons. The van der Waals surface area contributed by atoms with Gasteiger partial charge in [0.2, 0.25) is 0 Å². The van der Waals surface area contributed by atoms with Crippen molar-refractivity contribution in [3.8, 4) is 0 Å². The minimum atomic E-state index is -3.67. The van der Waals surface area contributed by atoms with Crippen molar-refractivity contribution in [1.82, 2.24) is 4.31 Å². The molecule has 2 aliphatic rings. The highest BCUT2D eigenvalue weighted by atomic mass is 35.5. The van der Waals surface area contributed by atoms with Crippen LogP contribution < -0.4 is 0 Å². The Morgan fingerprint density at radius 3 is 2.74 bits per heavy atom. The number of sulfonamides is 1. The van der Waals surface area contributed by atoms with Crippen LogP contribution >= 0.6 is 22.9 Å². The van der Waals surface area contributed by atoms with E-state index < -0.39 is 28.0 Å². The van der Waals surface area contributed by atoms with Gasteiger partial charge in [-0.3, -0.25) is 4.79 Å². The van der Waals surface area contributed by atoms with Crippen molar-refractivity contribution in [2.45, 2.75) is 35.6 Å². The second-order valence-corrected chi connectivity index (χ2v) is 8.23. The number of fused-ring (bicyclic) bond motifs is 2. The lowest BCUT2D eigenvalue weighted by molar-refractivity contribution is -0.142. The third-order valence-electron chi connectivity index (χ3n) is 3.89. The number of aliphatic carboxylic acids is 1. The summed E-state index contributed by atoms with van der Waals surface area (Å²) in [6, 6.07) is 0.922. The second kappa shape index (κ2) is 4.44. The molecule has 3 rings (SSSR count). The van der Waals surface area contributed by atoms with Crippen LogP contribution in [0.1, 0.15) is 19.3 Å². The average Bonchev–Trinajstić information content (AvgIpc) is 3.01. The van der Waals surface area contributed by atoms with Gasteiger partial charge in [-0.25, -0.2) is 8.42 Å². The van der Waals surface area contributed by atoms with Gasteiger partial charge in [-0.2, -0.15) is 4.31 Å². The van der Waals surface area contributed by atoms with Crippen molar-refractivity contribution in [1.29, 1.82) is 0 Å². The van der Waals surface area contributed by atoms with Gasteiger partial charge < -0.3 is 5.11 Å². The normalized spacial score (nSPS) is 30.9. The van der Waals surface area contributed by atoms with E-state index in [0.29, 0.717) is 12.8 Å². The Morgan fingerprint density at radius 1 is 1.47 bits per heavy atom. The summed E-state index contributed by atoms with van der Waals surface area (Å²) in [4.78, 5) is 11.2. The monoisotopic (exact) mass is 321 g/mol. The Bertz CT molecular complexity index is 626. The zero-order valence-electron chi connectivity index (χ0n) is 9.82. The summed E-state index contributed by atoms with van der Waals surface area (Å²) >= 11 is 6.98. The van der Waals surface area contributed by atoms with Gasteiger partial charge in [0.15, 0.2) is 4.21 Å². The molecule has 3 heterocycles. The highest BCUT2D eigenvalue weighted by molar-refractivity contribution is 7.91. The SMILES string of the molecule is O=C(O)[C@H]1C[C@H]2CC[C@H]1N2S(=O)(=O)c1sccc1Cl. The standard InChI is InChI=1S/C11H12ClNO4S2/c12-8-3-4-18-11(8)19(16,17)13-6-1-2-9(13)7(5-6)10(14)15/h3-4,6-7,9H,1-2,5H2,(H,14,15)/t6-,7+,9-/m1/s1. The number of carboxylic acid groups (broad SMARTS) is 1. The number of thiophene rings is 1. The van der Waals surface area contributed by atoms with Crippen molar-refractivity contribution in [2.24, 2.45) is 5.92 Å². The van der Waals surface area contributed by atoms with Crippen molar-refractivity contribution in [3.05, 3.63) is 16.5 Å². The first-order valence-corrected chi connectivity index (χ1v) is 8.62. The van der Waals surface area contributed by atoms with E-state index in [-0.39, 0.29) is 15.3 Å². The highest BCUT2D eigenvalue weighted by Gasteiger charge is 2.54. The number of nitrogens with zero attached hydrogens (tertiary/aromatic N) is 1. The van der Waals surface area contributed by atoms with E-state index in [1.165, 1.54) is 4.31 Å². The lowest BCUT2D eigenvalue weighted by atomic mass is 9.89. The molecule has 19 heavy (non-hydrogen) atoms. The predicted octanol–water partition coefficient (Wildman–Crippen LogP) is 2.03. The Labute approximate surface area is 119 Å². The molecule has 3 atom stereocenters. The number of carboxylic acids is 1. The molecular weight excluding hydrogens is 310 g/mol. The van der Waals surface area contributed by atoms with E-state index in [1.54, 1.807) is 11.4 Å². The van der Waals surface area contributed by atoms with Crippen LogP contribution in [0.5, 0.6) is 0 Å². The van der Waals surface area contributed by atoms with E-state index in [1.807, 2.05) is 0 Å². The molecule has 0 aromatic carbocycles. The topological polar surface area (TPSA) is 74.7 Å². The molecule has 1 aromatic rings. The lowest BCUT2D eigenvalue weighted by Gasteiger charge is -2.21. The maximum absolute atomic E-state index is 12.6. The summed E-state index contributed by atoms with van der Waals surface area (Å²) in [6.45, 7) is 0. The number of hydrogen-bond acceptors (Lipinski definition) is 4. The van der Waals surface area contributed by atoms with Crippen molar-refractivity contribution in [3.63, 3.8) is 0 Å². The molecule has 8 heteroatoms. The average molecular weight is 322 g/mol. The summed E-state index contributed by atoms with van der Waals surface area (Å²) in [6.07, 6.45) is 1.75. The molecule has 1 aromatic heterocycles. The van der Waals surface area contributed by atoms with Crippen molar-refractivity contribution >= 4 is 38.9 Å². The minimum absolute atomic E-state index is 0.122. The molecule has 2 fully saturated rings. The van der Waals surface area contributed by atoms with Crippen LogP contribution in [0.15, 0.2) is 15.7 Å². The number of rotatable bonds is 3. The van der Waals surface area contributed by atoms with Gasteiger partial charge in [0.25, 0.3) is 10.0 Å². The molecule has 2 bridgehead atoms. The van der Waals surface area contributed by atoms with Crippen LogP contribution in [-0.4, -0.2) is 35.9 Å². The Hall–Kier alpha value is -0.630. The largest absolute Gasteiger partial charge is 0.481 e. The maximum atomic E-state index is 12.6. The second-order valence-electron chi connectivity index (χ2n) is 4.87. The fourth-order valence-corrected chi connectivity index (χ4v) is 6.82. The summed E-state index contributed by atoms with van der Waals surface area (Å²) < 4.78 is 26.7. The minimum Gasteiger partial charge on any atom is -0.481 e. The number of hydrogen-bond donors (Lipinski definition) is 1. The van der Waals surface area contributed by atoms with E-state index in [2.05, 4.69) is 0 Å². The van der Waals surface area contributed by atoms with Gasteiger partial charge in [0.05, 0.1) is 10.9 Å². The van der Waals surface area contributed by atoms with Gasteiger partial charge in [0, 0.05) is 12.1 Å². The third kappa shape index (κ3) is 1.91. The first kappa shape index (κ1) is 13.4. The van der Waals surface area contributed by atoms with Crippen LogP contribution in [0.4, 0.5) is 0 Å². The van der Waals surface area contributed by atoms with Crippen LogP contribution in [0.3, 0.4) is 0 Å². The zero-order chi connectivity index (χ0) is 13.8. The van der Waals surface area contributed by atoms with Crippen molar-refractivity contribution < 1.29 is 18.3 Å². The smallest absolute Gasteiger partial charge is 0.308 e. The van der Waals surface area contributed by atoms with E-state index in [4.69, 9.17) is 16.7 Å². The highest BCUT2D eigenvalue weighted by Crippen LogP contribution is 2.46. The molecule has 2 saturated heterocycles. The third-order valence-corrected chi connectivity index (χ3v) is 7.86. The predicted molar refractivity (Wildman–Crippen MR) is 70.9 cm³/mol. The number of carbonyl (C=O) groups is 1. The molecule has 0 unspecified atom stereocenters. The van der Waals surface area contributed by atoms with Gasteiger partial charge in [-0.1, -0.05) is 11.6 Å². The van der Waals surface area contributed by atoms with E-state index in [0.717, 1.165) is 17.8 Å². The summed E-state index contributed by atoms with van der Waals surface area (Å²) in [5, 5.41) is 11.0. The Kier molecular flexibility index (Phi) is 3.12. The summed E-state index contributed by atoms with van der Waals surface area (Å²) in [5.74, 6) is -1.50. The first-order chi connectivity index (χ1) is 8.93. The molecule has 104 valence electrons. The maximum Gasteiger partial charge on any atom is 0.308 e. The van der Waals surface area contributed by atoms with Crippen LogP contribution in [0, 0.1) is 5.92 Å². The fourth-order valence-electron chi connectivity index (χ4n) is 3.14. The fraction of sp³-hybridized carbons (Fsp3) is 0.545. The zero-order valence-corrected chi connectivity index (χ0v) is 12.2. The Balaban J connectivity index is 2.00. The van der Waals surface area contributed by atoms with Gasteiger partial charge in [0.1, 0.15) is 0 Å². The molecule has 0 spiro atoms. The molecule has 2 aliphatic heterocycles. The number of halogens is 1. The first-order valence-electron chi connectivity index (χ1n) is 5.92. The van der Waals surface area contributed by atoms with E-state index >= 15 is 0 Å². The van der Waals surface area contributed by atoms with E-state index in [9.17, 15) is 13.2 Å². The van der Waals surface area contributed by atoms with Gasteiger partial charge in [-0.15, -0.1) is 11.3 Å². The molecule has 1 N–H and O–H groups in total. The van der Waals surface area contributed by atoms with Crippen LogP contribution in [-0.2, 0) is 14.8 Å². The molecule has 0 amide bonds. The molecule has 5 nitrogen and oxygen atoms in total. The summed E-state index contributed by atoms with van der Waals surface area (Å²) in [5.41, 5.74) is 0. The lowest BCUT2D eigenvalue weighted by Crippen LogP contribution is -2.37. The molecule has 0 saturated carbocycles. The Morgan fingerprint density at radius 2 is 2.21 bits per heavy atom. The van der Waals surface area contributed by atoms with Crippen LogP contribution in [0.25, 0.3) is 0 Å². The van der Waals surface area contributed by atoms with Crippen molar-refractivity contribution in [2.75, 3.05) is 0 Å².